The fourth-order valence-electron chi connectivity index (χ4n) is 1.42. The van der Waals surface area contributed by atoms with Crippen molar-refractivity contribution in [1.82, 2.24) is 10.2 Å². The van der Waals surface area contributed by atoms with E-state index in [1.165, 1.54) is 6.08 Å². The lowest BCUT2D eigenvalue weighted by Gasteiger charge is -1.98. The number of H-pyrrole nitrogens is 1. The molecule has 0 atom stereocenters. The number of aromatic nitrogens is 2. The van der Waals surface area contributed by atoms with Crippen LogP contribution in [0.3, 0.4) is 0 Å². The molecule has 16 heavy (non-hydrogen) atoms. The van der Waals surface area contributed by atoms with Crippen molar-refractivity contribution in [2.24, 2.45) is 0 Å². The molecule has 1 heterocycles. The molecule has 0 aliphatic heterocycles. The molecule has 0 aliphatic carbocycles. The maximum Gasteiger partial charge on any atom is 0.328 e. The molecule has 0 unspecified atom stereocenters. The number of rotatable bonds is 3. The molecule has 4 nitrogen and oxygen atoms in total. The van der Waals surface area contributed by atoms with Gasteiger partial charge in [-0.2, -0.15) is 5.10 Å². The van der Waals surface area contributed by atoms with Crippen LogP contribution in [0.15, 0.2) is 42.6 Å². The Balaban J connectivity index is 2.37. The second kappa shape index (κ2) is 4.44. The van der Waals surface area contributed by atoms with Crippen molar-refractivity contribution in [3.63, 3.8) is 0 Å². The molecule has 1 aromatic carbocycles. The van der Waals surface area contributed by atoms with E-state index in [0.717, 1.165) is 22.9 Å². The first-order valence-electron chi connectivity index (χ1n) is 4.77. The first-order valence-corrected chi connectivity index (χ1v) is 4.77. The average Bonchev–Trinajstić information content (AvgIpc) is 2.75. The number of aliphatic carboxylic acids is 1. The van der Waals surface area contributed by atoms with Crippen LogP contribution in [0.4, 0.5) is 0 Å². The molecule has 2 aromatic rings. The Bertz CT molecular complexity index is 515. The van der Waals surface area contributed by atoms with Crippen molar-refractivity contribution in [1.29, 1.82) is 0 Å². The smallest absolute Gasteiger partial charge is 0.328 e. The van der Waals surface area contributed by atoms with Crippen LogP contribution in [0.1, 0.15) is 5.56 Å². The van der Waals surface area contributed by atoms with E-state index in [9.17, 15) is 4.79 Å². The van der Waals surface area contributed by atoms with Gasteiger partial charge in [-0.25, -0.2) is 4.79 Å². The topological polar surface area (TPSA) is 66.0 Å². The van der Waals surface area contributed by atoms with E-state index in [1.807, 2.05) is 30.3 Å². The van der Waals surface area contributed by atoms with Gasteiger partial charge in [0.15, 0.2) is 0 Å². The van der Waals surface area contributed by atoms with Gasteiger partial charge in [-0.05, 0) is 6.08 Å². The molecule has 0 fully saturated rings. The minimum atomic E-state index is -0.972. The molecule has 4 heteroatoms. The second-order valence-electron chi connectivity index (χ2n) is 3.24. The number of hydrogen-bond donors (Lipinski definition) is 2. The fraction of sp³-hybridized carbons (Fsp3) is 0. The standard InChI is InChI=1S/C12H10N2O2/c15-11(16)7-6-10-8-13-14-12(10)9-4-2-1-3-5-9/h1-8H,(H,13,14)(H,15,16). The first kappa shape index (κ1) is 10.2. The largest absolute Gasteiger partial charge is 0.478 e. The predicted octanol–water partition coefficient (Wildman–Crippen LogP) is 2.17. The number of nitrogens with one attached hydrogen (secondary N) is 1. The van der Waals surface area contributed by atoms with Crippen molar-refractivity contribution < 1.29 is 9.90 Å². The molecule has 0 aliphatic rings. The molecule has 0 bridgehead atoms. The number of carboxylic acid groups (broad SMARTS) is 1. The van der Waals surface area contributed by atoms with Gasteiger partial charge < -0.3 is 5.11 Å². The van der Waals surface area contributed by atoms with Gasteiger partial charge in [0, 0.05) is 17.2 Å². The summed E-state index contributed by atoms with van der Waals surface area (Å²) in [4.78, 5) is 10.4. The van der Waals surface area contributed by atoms with E-state index in [-0.39, 0.29) is 0 Å². The molecule has 0 saturated carbocycles. The Morgan fingerprint density at radius 2 is 2.06 bits per heavy atom. The summed E-state index contributed by atoms with van der Waals surface area (Å²) >= 11 is 0. The summed E-state index contributed by atoms with van der Waals surface area (Å²) in [5.74, 6) is -0.972. The highest BCUT2D eigenvalue weighted by atomic mass is 16.4. The molecule has 0 amide bonds. The molecule has 0 spiro atoms. The van der Waals surface area contributed by atoms with Gasteiger partial charge in [0.05, 0.1) is 11.9 Å². The van der Waals surface area contributed by atoms with Gasteiger partial charge in [-0.15, -0.1) is 0 Å². The highest BCUT2D eigenvalue weighted by Gasteiger charge is 2.04. The van der Waals surface area contributed by atoms with E-state index in [0.29, 0.717) is 0 Å². The fourth-order valence-corrected chi connectivity index (χ4v) is 1.42. The van der Waals surface area contributed by atoms with Gasteiger partial charge in [0.1, 0.15) is 0 Å². The van der Waals surface area contributed by atoms with E-state index in [4.69, 9.17) is 5.11 Å². The molecule has 0 radical (unpaired) electrons. The maximum atomic E-state index is 10.4. The van der Waals surface area contributed by atoms with Crippen LogP contribution in [0.25, 0.3) is 17.3 Å². The lowest BCUT2D eigenvalue weighted by atomic mass is 10.1. The lowest BCUT2D eigenvalue weighted by Crippen LogP contribution is -1.86. The van der Waals surface area contributed by atoms with E-state index < -0.39 is 5.97 Å². The summed E-state index contributed by atoms with van der Waals surface area (Å²) < 4.78 is 0. The lowest BCUT2D eigenvalue weighted by molar-refractivity contribution is -0.131. The zero-order valence-corrected chi connectivity index (χ0v) is 8.42. The summed E-state index contributed by atoms with van der Waals surface area (Å²) in [6.45, 7) is 0. The molecular formula is C12H10N2O2. The normalized spacial score (nSPS) is 10.8. The highest BCUT2D eigenvalue weighted by Crippen LogP contribution is 2.21. The number of benzene rings is 1. The third-order valence-corrected chi connectivity index (χ3v) is 2.14. The molecule has 0 saturated heterocycles. The second-order valence-corrected chi connectivity index (χ2v) is 3.24. The summed E-state index contributed by atoms with van der Waals surface area (Å²) in [5, 5.41) is 15.3. The SMILES string of the molecule is O=C(O)C=Cc1cn[nH]c1-c1ccccc1. The molecule has 2 N–H and O–H groups in total. The van der Waals surface area contributed by atoms with Crippen LogP contribution in [-0.2, 0) is 4.79 Å². The van der Waals surface area contributed by atoms with Crippen LogP contribution in [0, 0.1) is 0 Å². The van der Waals surface area contributed by atoms with Gasteiger partial charge >= 0.3 is 5.97 Å². The van der Waals surface area contributed by atoms with Crippen molar-refractivity contribution in [2.45, 2.75) is 0 Å². The van der Waals surface area contributed by atoms with Gasteiger partial charge in [0.25, 0.3) is 0 Å². The van der Waals surface area contributed by atoms with E-state index in [2.05, 4.69) is 10.2 Å². The number of aromatic amines is 1. The first-order chi connectivity index (χ1) is 7.77. The zero-order valence-electron chi connectivity index (χ0n) is 8.42. The quantitative estimate of drug-likeness (QED) is 0.769. The Hall–Kier alpha value is -2.36. The number of hydrogen-bond acceptors (Lipinski definition) is 2. The van der Waals surface area contributed by atoms with Gasteiger partial charge in [-0.3, -0.25) is 5.10 Å². The monoisotopic (exact) mass is 214 g/mol. The van der Waals surface area contributed by atoms with Crippen LogP contribution in [0.5, 0.6) is 0 Å². The Morgan fingerprint density at radius 1 is 1.31 bits per heavy atom. The summed E-state index contributed by atoms with van der Waals surface area (Å²) in [5.41, 5.74) is 2.55. The summed E-state index contributed by atoms with van der Waals surface area (Å²) in [6.07, 6.45) is 4.22. The number of nitrogens with zero attached hydrogens (tertiary/aromatic N) is 1. The summed E-state index contributed by atoms with van der Waals surface area (Å²) in [7, 11) is 0. The zero-order chi connectivity index (χ0) is 11.4. The number of carbonyl (C=O) groups is 1. The predicted molar refractivity (Wildman–Crippen MR) is 60.7 cm³/mol. The van der Waals surface area contributed by atoms with Gasteiger partial charge in [0.2, 0.25) is 0 Å². The molecule has 2 rings (SSSR count). The molecular weight excluding hydrogens is 204 g/mol. The third kappa shape index (κ3) is 2.17. The minimum absolute atomic E-state index is 0.758. The van der Waals surface area contributed by atoms with Gasteiger partial charge in [-0.1, -0.05) is 30.3 Å². The van der Waals surface area contributed by atoms with Crippen LogP contribution in [0.2, 0.25) is 0 Å². The van der Waals surface area contributed by atoms with Crippen molar-refractivity contribution >= 4 is 12.0 Å². The number of carboxylic acids is 1. The molecule has 1 aromatic heterocycles. The third-order valence-electron chi connectivity index (χ3n) is 2.14. The Morgan fingerprint density at radius 3 is 2.75 bits per heavy atom. The summed E-state index contributed by atoms with van der Waals surface area (Å²) in [6, 6.07) is 9.63. The highest BCUT2D eigenvalue weighted by molar-refractivity contribution is 5.87. The van der Waals surface area contributed by atoms with Crippen molar-refractivity contribution in [3.05, 3.63) is 48.2 Å². The average molecular weight is 214 g/mol. The van der Waals surface area contributed by atoms with E-state index in [1.54, 1.807) is 6.20 Å². The van der Waals surface area contributed by atoms with Crippen molar-refractivity contribution in [3.8, 4) is 11.3 Å². The van der Waals surface area contributed by atoms with Crippen LogP contribution >= 0.6 is 0 Å². The van der Waals surface area contributed by atoms with Crippen molar-refractivity contribution in [2.75, 3.05) is 0 Å². The van der Waals surface area contributed by atoms with Crippen LogP contribution < -0.4 is 0 Å². The van der Waals surface area contributed by atoms with E-state index >= 15 is 0 Å². The Kier molecular flexibility index (Phi) is 2.82. The minimum Gasteiger partial charge on any atom is -0.478 e. The Labute approximate surface area is 92.2 Å². The van der Waals surface area contributed by atoms with Crippen LogP contribution in [-0.4, -0.2) is 21.3 Å². The molecule has 80 valence electrons. The maximum absolute atomic E-state index is 10.4.